The first-order chi connectivity index (χ1) is 13.2. The number of carbonyl (C=O) groups is 2. The summed E-state index contributed by atoms with van der Waals surface area (Å²) in [5.41, 5.74) is 5.93. The van der Waals surface area contributed by atoms with E-state index in [2.05, 4.69) is 24.3 Å². The number of ether oxygens (including phenoxy) is 1. The molecule has 5 heteroatoms. The number of nitrogens with zero attached hydrogens (tertiary/aromatic N) is 2. The molecule has 1 fully saturated rings. The molecule has 1 saturated heterocycles. The van der Waals surface area contributed by atoms with Crippen LogP contribution in [-0.2, 0) is 22.4 Å². The topological polar surface area (TPSA) is 49.9 Å². The molecule has 0 unspecified atom stereocenters. The van der Waals surface area contributed by atoms with Gasteiger partial charge in [0.05, 0.1) is 18.7 Å². The van der Waals surface area contributed by atoms with E-state index in [1.807, 2.05) is 23.1 Å². The SMILES string of the molecule is CCOC(=O)N1CC(=O)N2c3ccccc3Cc3cccc4c3[C@@H]2[C@H]1CC4. The summed E-state index contributed by atoms with van der Waals surface area (Å²) < 4.78 is 5.27. The first-order valence-electron chi connectivity index (χ1n) is 9.63. The van der Waals surface area contributed by atoms with Crippen LogP contribution in [0.2, 0.25) is 0 Å². The highest BCUT2D eigenvalue weighted by Gasteiger charge is 2.49. The van der Waals surface area contributed by atoms with Crippen molar-refractivity contribution in [2.75, 3.05) is 18.1 Å². The van der Waals surface area contributed by atoms with Crippen molar-refractivity contribution in [3.05, 3.63) is 64.7 Å². The Morgan fingerprint density at radius 1 is 1.11 bits per heavy atom. The number of hydrogen-bond acceptors (Lipinski definition) is 3. The standard InChI is InChI=1S/C22H22N2O3/c1-2-27-22(26)23-13-19(25)24-17-9-4-3-6-15(17)12-16-8-5-7-14-10-11-18(23)21(24)20(14)16/h3-9,18,21H,2,10-13H2,1H3/t18-,21+/m1/s1. The van der Waals surface area contributed by atoms with Gasteiger partial charge in [-0.3, -0.25) is 9.69 Å². The second kappa shape index (κ2) is 6.12. The van der Waals surface area contributed by atoms with Gasteiger partial charge in [-0.1, -0.05) is 36.4 Å². The number of piperazine rings is 1. The highest BCUT2D eigenvalue weighted by molar-refractivity contribution is 5.99. The van der Waals surface area contributed by atoms with Crippen LogP contribution in [-0.4, -0.2) is 36.1 Å². The molecule has 5 rings (SSSR count). The van der Waals surface area contributed by atoms with E-state index >= 15 is 0 Å². The van der Waals surface area contributed by atoms with Crippen molar-refractivity contribution in [1.29, 1.82) is 0 Å². The van der Waals surface area contributed by atoms with Gasteiger partial charge in [0.25, 0.3) is 0 Å². The monoisotopic (exact) mass is 362 g/mol. The summed E-state index contributed by atoms with van der Waals surface area (Å²) in [6, 6.07) is 14.4. The molecule has 1 aliphatic carbocycles. The van der Waals surface area contributed by atoms with Gasteiger partial charge < -0.3 is 9.64 Å². The molecular weight excluding hydrogens is 340 g/mol. The Labute approximate surface area is 158 Å². The highest BCUT2D eigenvalue weighted by Crippen LogP contribution is 2.47. The number of rotatable bonds is 1. The minimum Gasteiger partial charge on any atom is -0.450 e. The van der Waals surface area contributed by atoms with Crippen LogP contribution in [0.15, 0.2) is 42.5 Å². The number of hydrogen-bond donors (Lipinski definition) is 0. The molecule has 0 radical (unpaired) electrons. The molecule has 0 N–H and O–H groups in total. The van der Waals surface area contributed by atoms with Gasteiger partial charge in [-0.15, -0.1) is 0 Å². The van der Waals surface area contributed by atoms with Crippen LogP contribution >= 0.6 is 0 Å². The zero-order valence-corrected chi connectivity index (χ0v) is 15.4. The van der Waals surface area contributed by atoms with Crippen LogP contribution in [0.5, 0.6) is 0 Å². The van der Waals surface area contributed by atoms with Crippen LogP contribution in [0, 0.1) is 0 Å². The molecule has 3 aliphatic rings. The van der Waals surface area contributed by atoms with Gasteiger partial charge in [0.15, 0.2) is 0 Å². The summed E-state index contributed by atoms with van der Waals surface area (Å²) in [6.45, 7) is 2.19. The van der Waals surface area contributed by atoms with Gasteiger partial charge in [0.2, 0.25) is 5.91 Å². The Bertz CT molecular complexity index is 939. The van der Waals surface area contributed by atoms with Crippen molar-refractivity contribution in [2.24, 2.45) is 0 Å². The molecule has 138 valence electrons. The molecule has 2 aromatic rings. The molecule has 0 bridgehead atoms. The van der Waals surface area contributed by atoms with E-state index < -0.39 is 0 Å². The third-order valence-corrected chi connectivity index (χ3v) is 6.04. The molecule has 2 aromatic carbocycles. The van der Waals surface area contributed by atoms with Gasteiger partial charge in [0, 0.05) is 5.69 Å². The summed E-state index contributed by atoms with van der Waals surface area (Å²) >= 11 is 0. The van der Waals surface area contributed by atoms with E-state index in [1.165, 1.54) is 16.7 Å². The van der Waals surface area contributed by atoms with Crippen molar-refractivity contribution in [1.82, 2.24) is 4.90 Å². The molecular formula is C22H22N2O3. The minimum atomic E-state index is -0.381. The zero-order chi connectivity index (χ0) is 18.5. The molecule has 2 amide bonds. The molecule has 2 aliphatic heterocycles. The normalized spacial score (nSPS) is 22.6. The summed E-state index contributed by atoms with van der Waals surface area (Å²) in [7, 11) is 0. The van der Waals surface area contributed by atoms with E-state index in [1.54, 1.807) is 11.8 Å². The van der Waals surface area contributed by atoms with Crippen molar-refractivity contribution < 1.29 is 14.3 Å². The van der Waals surface area contributed by atoms with Crippen LogP contribution in [0.1, 0.15) is 41.6 Å². The summed E-state index contributed by atoms with van der Waals surface area (Å²) in [6.07, 6.45) is 2.19. The lowest BCUT2D eigenvalue weighted by Crippen LogP contribution is -2.61. The zero-order valence-electron chi connectivity index (χ0n) is 15.4. The fourth-order valence-electron chi connectivity index (χ4n) is 4.98. The molecule has 27 heavy (non-hydrogen) atoms. The number of anilines is 1. The minimum absolute atomic E-state index is 0.0405. The Balaban J connectivity index is 1.72. The van der Waals surface area contributed by atoms with E-state index in [4.69, 9.17) is 4.74 Å². The van der Waals surface area contributed by atoms with Gasteiger partial charge in [-0.05, 0) is 54.5 Å². The lowest BCUT2D eigenvalue weighted by atomic mass is 9.79. The third kappa shape index (κ3) is 2.37. The van der Waals surface area contributed by atoms with Crippen molar-refractivity contribution in [3.8, 4) is 0 Å². The maximum Gasteiger partial charge on any atom is 0.410 e. The number of aryl methyl sites for hydroxylation is 1. The fraction of sp³-hybridized carbons (Fsp3) is 0.364. The molecule has 2 atom stereocenters. The first kappa shape index (κ1) is 16.4. The summed E-state index contributed by atoms with van der Waals surface area (Å²) in [5, 5.41) is 0. The molecule has 5 nitrogen and oxygen atoms in total. The smallest absolute Gasteiger partial charge is 0.410 e. The van der Waals surface area contributed by atoms with E-state index in [-0.39, 0.29) is 30.6 Å². The lowest BCUT2D eigenvalue weighted by Gasteiger charge is -2.49. The first-order valence-corrected chi connectivity index (χ1v) is 9.63. The third-order valence-electron chi connectivity index (χ3n) is 6.04. The van der Waals surface area contributed by atoms with Crippen LogP contribution in [0.4, 0.5) is 10.5 Å². The number of amides is 2. The largest absolute Gasteiger partial charge is 0.450 e. The Hall–Kier alpha value is -2.82. The second-order valence-corrected chi connectivity index (χ2v) is 7.44. The summed E-state index contributed by atoms with van der Waals surface area (Å²) in [4.78, 5) is 29.4. The maximum absolute atomic E-state index is 13.2. The summed E-state index contributed by atoms with van der Waals surface area (Å²) in [5.74, 6) is -0.0405. The van der Waals surface area contributed by atoms with E-state index in [9.17, 15) is 9.59 Å². The van der Waals surface area contributed by atoms with Gasteiger partial charge in [-0.25, -0.2) is 4.79 Å². The van der Waals surface area contributed by atoms with E-state index in [0.29, 0.717) is 6.61 Å². The van der Waals surface area contributed by atoms with E-state index in [0.717, 1.165) is 30.5 Å². The quantitative estimate of drug-likeness (QED) is 0.781. The fourth-order valence-corrected chi connectivity index (χ4v) is 4.98. The van der Waals surface area contributed by atoms with Gasteiger partial charge in [0.1, 0.15) is 6.54 Å². The van der Waals surface area contributed by atoms with Gasteiger partial charge in [-0.2, -0.15) is 0 Å². The Morgan fingerprint density at radius 3 is 2.74 bits per heavy atom. The average molecular weight is 362 g/mol. The highest BCUT2D eigenvalue weighted by atomic mass is 16.6. The average Bonchev–Trinajstić information content (AvgIpc) is 2.83. The molecule has 0 saturated carbocycles. The van der Waals surface area contributed by atoms with Crippen molar-refractivity contribution >= 4 is 17.7 Å². The van der Waals surface area contributed by atoms with Crippen molar-refractivity contribution in [3.63, 3.8) is 0 Å². The maximum atomic E-state index is 13.2. The predicted octanol–water partition coefficient (Wildman–Crippen LogP) is 3.45. The van der Waals surface area contributed by atoms with Gasteiger partial charge >= 0.3 is 6.09 Å². The lowest BCUT2D eigenvalue weighted by molar-refractivity contribution is -0.123. The van der Waals surface area contributed by atoms with Crippen LogP contribution in [0.3, 0.4) is 0 Å². The number of para-hydroxylation sites is 1. The number of benzene rings is 2. The second-order valence-electron chi connectivity index (χ2n) is 7.44. The Kier molecular flexibility index (Phi) is 3.71. The molecule has 2 heterocycles. The van der Waals surface area contributed by atoms with Crippen LogP contribution < -0.4 is 4.90 Å². The predicted molar refractivity (Wildman–Crippen MR) is 102 cm³/mol. The van der Waals surface area contributed by atoms with Crippen LogP contribution in [0.25, 0.3) is 0 Å². The molecule has 0 spiro atoms. The van der Waals surface area contributed by atoms with Crippen molar-refractivity contribution in [2.45, 2.75) is 38.3 Å². The Morgan fingerprint density at radius 2 is 1.89 bits per heavy atom. The molecule has 0 aromatic heterocycles. The number of fused-ring (bicyclic) bond motifs is 2. The number of carbonyl (C=O) groups excluding carboxylic acids is 2.